The molecule has 0 aromatic rings. The molecule has 1 atom stereocenters. The van der Waals surface area contributed by atoms with Gasteiger partial charge >= 0.3 is 5.97 Å². The average Bonchev–Trinajstić information content (AvgIpc) is 2.78. The zero-order valence-corrected chi connectivity index (χ0v) is 9.56. The summed E-state index contributed by atoms with van der Waals surface area (Å²) in [6.07, 6.45) is 5.68. The fourth-order valence-corrected chi connectivity index (χ4v) is 1.41. The minimum Gasteiger partial charge on any atom is -0.480 e. The molecule has 0 aliphatic carbocycles. The molecule has 94 valence electrons. The van der Waals surface area contributed by atoms with Crippen LogP contribution in [0.15, 0.2) is 16.8 Å². The molecule has 0 aromatic carbocycles. The minimum absolute atomic E-state index is 0.135. The summed E-state index contributed by atoms with van der Waals surface area (Å²) >= 11 is 0. The van der Waals surface area contributed by atoms with Crippen LogP contribution in [0.25, 0.3) is 0 Å². The third-order valence-electron chi connectivity index (χ3n) is 2.42. The second-order valence-corrected chi connectivity index (χ2v) is 3.83. The standard InChI is InChI=1S/C11H17N3O3/c12-9(11(16)17)3-4-10(15)14-7-5-8-2-1-6-13-8/h2,6,9H,1,3-5,7,12H2,(H,14,15)(H,16,17). The van der Waals surface area contributed by atoms with Gasteiger partial charge in [-0.05, 0) is 6.42 Å². The number of rotatable bonds is 7. The second kappa shape index (κ2) is 6.80. The molecular formula is C11H17N3O3. The highest BCUT2D eigenvalue weighted by atomic mass is 16.4. The van der Waals surface area contributed by atoms with Gasteiger partial charge in [0.2, 0.25) is 5.91 Å². The third-order valence-corrected chi connectivity index (χ3v) is 2.42. The SMILES string of the molecule is NC(CCC(=O)NCCC1=CCC=N1)C(=O)O. The Labute approximate surface area is 99.6 Å². The third kappa shape index (κ3) is 5.26. The van der Waals surface area contributed by atoms with Gasteiger partial charge in [0.05, 0.1) is 0 Å². The molecule has 6 heteroatoms. The number of carbonyl (C=O) groups is 2. The number of hydrogen-bond donors (Lipinski definition) is 3. The first kappa shape index (κ1) is 13.4. The maximum Gasteiger partial charge on any atom is 0.320 e. The first-order chi connectivity index (χ1) is 8.09. The molecule has 1 aliphatic rings. The number of allylic oxidation sites excluding steroid dienone is 1. The number of carboxylic acids is 1. The predicted molar refractivity (Wildman–Crippen MR) is 63.7 cm³/mol. The molecular weight excluding hydrogens is 222 g/mol. The number of amides is 1. The maximum atomic E-state index is 11.3. The van der Waals surface area contributed by atoms with Crippen molar-refractivity contribution in [3.63, 3.8) is 0 Å². The van der Waals surface area contributed by atoms with Crippen molar-refractivity contribution in [3.05, 3.63) is 11.8 Å². The fraction of sp³-hybridized carbons (Fsp3) is 0.545. The number of carboxylic acid groups (broad SMARTS) is 1. The molecule has 0 radical (unpaired) electrons. The lowest BCUT2D eigenvalue weighted by Crippen LogP contribution is -2.33. The smallest absolute Gasteiger partial charge is 0.320 e. The van der Waals surface area contributed by atoms with E-state index >= 15 is 0 Å². The molecule has 4 N–H and O–H groups in total. The lowest BCUT2D eigenvalue weighted by atomic mass is 10.1. The van der Waals surface area contributed by atoms with Crippen molar-refractivity contribution in [2.24, 2.45) is 10.7 Å². The lowest BCUT2D eigenvalue weighted by Gasteiger charge is -2.07. The molecule has 1 rings (SSSR count). The van der Waals surface area contributed by atoms with Gasteiger partial charge in [0.25, 0.3) is 0 Å². The van der Waals surface area contributed by atoms with Crippen molar-refractivity contribution in [3.8, 4) is 0 Å². The Morgan fingerprint density at radius 3 is 2.94 bits per heavy atom. The van der Waals surface area contributed by atoms with E-state index in [-0.39, 0.29) is 18.7 Å². The van der Waals surface area contributed by atoms with E-state index in [0.717, 1.165) is 12.1 Å². The largest absolute Gasteiger partial charge is 0.480 e. The van der Waals surface area contributed by atoms with Crippen molar-refractivity contribution in [1.29, 1.82) is 0 Å². The van der Waals surface area contributed by atoms with Gasteiger partial charge in [0.15, 0.2) is 0 Å². The van der Waals surface area contributed by atoms with Crippen LogP contribution in [0.2, 0.25) is 0 Å². The molecule has 0 spiro atoms. The number of nitrogens with zero attached hydrogens (tertiary/aromatic N) is 1. The molecule has 1 unspecified atom stereocenters. The second-order valence-electron chi connectivity index (χ2n) is 3.83. The van der Waals surface area contributed by atoms with Crippen molar-refractivity contribution in [2.45, 2.75) is 31.7 Å². The Balaban J connectivity index is 2.09. The summed E-state index contributed by atoms with van der Waals surface area (Å²) < 4.78 is 0. The van der Waals surface area contributed by atoms with Crippen LogP contribution in [0.5, 0.6) is 0 Å². The number of nitrogens with two attached hydrogens (primary N) is 1. The molecule has 0 aromatic heterocycles. The Kier molecular flexibility index (Phi) is 5.35. The number of carbonyl (C=O) groups excluding carboxylic acids is 1. The lowest BCUT2D eigenvalue weighted by molar-refractivity contribution is -0.138. The van der Waals surface area contributed by atoms with Crippen molar-refractivity contribution in [1.82, 2.24) is 5.32 Å². The summed E-state index contributed by atoms with van der Waals surface area (Å²) in [6.45, 7) is 0.518. The van der Waals surface area contributed by atoms with Gasteiger partial charge in [0, 0.05) is 37.7 Å². The fourth-order valence-electron chi connectivity index (χ4n) is 1.41. The molecule has 1 amide bonds. The van der Waals surface area contributed by atoms with Crippen LogP contribution in [-0.4, -0.2) is 35.8 Å². The summed E-state index contributed by atoms with van der Waals surface area (Å²) in [6, 6.07) is -0.970. The van der Waals surface area contributed by atoms with Crippen LogP contribution >= 0.6 is 0 Å². The van der Waals surface area contributed by atoms with E-state index in [4.69, 9.17) is 10.8 Å². The summed E-state index contributed by atoms with van der Waals surface area (Å²) in [5, 5.41) is 11.2. The Morgan fingerprint density at radius 2 is 2.35 bits per heavy atom. The normalized spacial score (nSPS) is 15.5. The van der Waals surface area contributed by atoms with Crippen LogP contribution < -0.4 is 11.1 Å². The number of nitrogens with one attached hydrogen (secondary N) is 1. The maximum absolute atomic E-state index is 11.3. The van der Waals surface area contributed by atoms with Crippen LogP contribution in [0.1, 0.15) is 25.7 Å². The average molecular weight is 239 g/mol. The van der Waals surface area contributed by atoms with Crippen molar-refractivity contribution < 1.29 is 14.7 Å². The van der Waals surface area contributed by atoms with E-state index < -0.39 is 12.0 Å². The highest BCUT2D eigenvalue weighted by molar-refractivity contribution is 5.78. The zero-order chi connectivity index (χ0) is 12.7. The Morgan fingerprint density at radius 1 is 1.59 bits per heavy atom. The van der Waals surface area contributed by atoms with Gasteiger partial charge in [-0.25, -0.2) is 0 Å². The zero-order valence-electron chi connectivity index (χ0n) is 9.56. The quantitative estimate of drug-likeness (QED) is 0.583. The van der Waals surface area contributed by atoms with Crippen LogP contribution in [0, 0.1) is 0 Å². The van der Waals surface area contributed by atoms with E-state index in [2.05, 4.69) is 10.3 Å². The van der Waals surface area contributed by atoms with Gasteiger partial charge < -0.3 is 16.2 Å². The summed E-state index contributed by atoms with van der Waals surface area (Å²) in [7, 11) is 0. The number of aliphatic carboxylic acids is 1. The topological polar surface area (TPSA) is 105 Å². The summed E-state index contributed by atoms with van der Waals surface area (Å²) in [4.78, 5) is 25.9. The van der Waals surface area contributed by atoms with E-state index in [1.165, 1.54) is 0 Å². The minimum atomic E-state index is -1.08. The highest BCUT2D eigenvalue weighted by Gasteiger charge is 2.13. The molecule has 1 aliphatic heterocycles. The predicted octanol–water partition coefficient (Wildman–Crippen LogP) is 0.0432. The van der Waals surface area contributed by atoms with E-state index in [9.17, 15) is 9.59 Å². The number of hydrogen-bond acceptors (Lipinski definition) is 4. The molecule has 1 heterocycles. The van der Waals surface area contributed by atoms with E-state index in [1.54, 1.807) is 0 Å². The van der Waals surface area contributed by atoms with Crippen molar-refractivity contribution in [2.75, 3.05) is 6.54 Å². The van der Waals surface area contributed by atoms with Gasteiger partial charge in [0.1, 0.15) is 6.04 Å². The van der Waals surface area contributed by atoms with Gasteiger partial charge in [-0.2, -0.15) is 0 Å². The van der Waals surface area contributed by atoms with E-state index in [0.29, 0.717) is 13.0 Å². The van der Waals surface area contributed by atoms with Crippen LogP contribution in [0.4, 0.5) is 0 Å². The molecule has 0 saturated carbocycles. The summed E-state index contributed by atoms with van der Waals surface area (Å²) in [5.74, 6) is -1.26. The molecule has 6 nitrogen and oxygen atoms in total. The Bertz CT molecular complexity index is 350. The molecule has 0 fully saturated rings. The summed E-state index contributed by atoms with van der Waals surface area (Å²) in [5.41, 5.74) is 6.26. The highest BCUT2D eigenvalue weighted by Crippen LogP contribution is 2.08. The van der Waals surface area contributed by atoms with Crippen LogP contribution in [-0.2, 0) is 9.59 Å². The van der Waals surface area contributed by atoms with Crippen molar-refractivity contribution >= 4 is 18.1 Å². The number of aliphatic imine (C=N–C) groups is 1. The first-order valence-electron chi connectivity index (χ1n) is 5.56. The molecule has 17 heavy (non-hydrogen) atoms. The Hall–Kier alpha value is -1.69. The molecule has 0 saturated heterocycles. The van der Waals surface area contributed by atoms with Gasteiger partial charge in [-0.15, -0.1) is 0 Å². The monoisotopic (exact) mass is 239 g/mol. The van der Waals surface area contributed by atoms with E-state index in [1.807, 2.05) is 12.3 Å². The van der Waals surface area contributed by atoms with Crippen LogP contribution in [0.3, 0.4) is 0 Å². The van der Waals surface area contributed by atoms with Gasteiger partial charge in [-0.3, -0.25) is 14.6 Å². The molecule has 0 bridgehead atoms. The first-order valence-corrected chi connectivity index (χ1v) is 5.56. The van der Waals surface area contributed by atoms with Gasteiger partial charge in [-0.1, -0.05) is 6.08 Å².